The van der Waals surface area contributed by atoms with Crippen molar-refractivity contribution in [2.75, 3.05) is 13.1 Å². The number of hydrogen-bond donors (Lipinski definition) is 1. The highest BCUT2D eigenvalue weighted by molar-refractivity contribution is 6.32. The molecule has 2 nitrogen and oxygen atoms in total. The lowest BCUT2D eigenvalue weighted by atomic mass is 10.1. The van der Waals surface area contributed by atoms with Gasteiger partial charge >= 0.3 is 0 Å². The average Bonchev–Trinajstić information content (AvgIpc) is 2.46. The Bertz CT molecular complexity index is 542. The normalized spacial score (nSPS) is 12.2. The number of benzene rings is 2. The number of nitrogens with one attached hydrogen (secondary N) is 1. The van der Waals surface area contributed by atoms with Crippen molar-refractivity contribution < 1.29 is 4.74 Å². The summed E-state index contributed by atoms with van der Waals surface area (Å²) >= 11 is 6.25. The maximum atomic E-state index is 6.25. The molecule has 106 valence electrons. The minimum absolute atomic E-state index is 0.0450. The summed E-state index contributed by atoms with van der Waals surface area (Å²) < 4.78 is 6.09. The summed E-state index contributed by atoms with van der Waals surface area (Å²) in [5.41, 5.74) is 2.27. The van der Waals surface area contributed by atoms with Crippen LogP contribution in [0.25, 0.3) is 0 Å². The molecule has 2 aromatic rings. The van der Waals surface area contributed by atoms with Gasteiger partial charge < -0.3 is 10.1 Å². The lowest BCUT2D eigenvalue weighted by molar-refractivity contribution is 0.202. The SMILES string of the molecule is CCNCC(Oc1ccc(C)cc1Cl)c1ccccc1. The highest BCUT2D eigenvalue weighted by atomic mass is 35.5. The molecule has 0 saturated heterocycles. The second-order valence-corrected chi connectivity index (χ2v) is 5.17. The molecule has 0 aliphatic heterocycles. The maximum absolute atomic E-state index is 6.25. The molecule has 2 aromatic carbocycles. The fraction of sp³-hybridized carbons (Fsp3) is 0.294. The van der Waals surface area contributed by atoms with Crippen molar-refractivity contribution in [3.63, 3.8) is 0 Å². The van der Waals surface area contributed by atoms with Crippen LogP contribution in [0, 0.1) is 6.92 Å². The maximum Gasteiger partial charge on any atom is 0.138 e. The first-order chi connectivity index (χ1) is 9.70. The van der Waals surface area contributed by atoms with Crippen LogP contribution in [0.1, 0.15) is 24.2 Å². The second-order valence-electron chi connectivity index (χ2n) is 4.76. The summed E-state index contributed by atoms with van der Waals surface area (Å²) in [4.78, 5) is 0. The van der Waals surface area contributed by atoms with Crippen LogP contribution in [0.15, 0.2) is 48.5 Å². The summed E-state index contributed by atoms with van der Waals surface area (Å²) in [6.07, 6.45) is -0.0450. The van der Waals surface area contributed by atoms with Crippen LogP contribution in [0.2, 0.25) is 5.02 Å². The Morgan fingerprint density at radius 3 is 2.55 bits per heavy atom. The van der Waals surface area contributed by atoms with Crippen molar-refractivity contribution >= 4 is 11.6 Å². The zero-order chi connectivity index (χ0) is 14.4. The van der Waals surface area contributed by atoms with Crippen LogP contribution in [-0.4, -0.2) is 13.1 Å². The highest BCUT2D eigenvalue weighted by Crippen LogP contribution is 2.29. The third-order valence-electron chi connectivity index (χ3n) is 3.11. The van der Waals surface area contributed by atoms with Crippen LogP contribution < -0.4 is 10.1 Å². The minimum atomic E-state index is -0.0450. The van der Waals surface area contributed by atoms with Crippen molar-refractivity contribution in [2.45, 2.75) is 20.0 Å². The summed E-state index contributed by atoms with van der Waals surface area (Å²) in [7, 11) is 0. The standard InChI is InChI=1S/C17H20ClNO/c1-3-19-12-17(14-7-5-4-6-8-14)20-16-10-9-13(2)11-15(16)18/h4-11,17,19H,3,12H2,1-2H3. The monoisotopic (exact) mass is 289 g/mol. The van der Waals surface area contributed by atoms with E-state index in [1.807, 2.05) is 43.3 Å². The van der Waals surface area contributed by atoms with Crippen LogP contribution in [0.4, 0.5) is 0 Å². The van der Waals surface area contributed by atoms with E-state index in [9.17, 15) is 0 Å². The Kier molecular flexibility index (Phi) is 5.45. The predicted octanol–water partition coefficient (Wildman–Crippen LogP) is 4.38. The molecule has 0 aliphatic rings. The van der Waals surface area contributed by atoms with Gasteiger partial charge in [-0.25, -0.2) is 0 Å². The van der Waals surface area contributed by atoms with Crippen LogP contribution in [0.3, 0.4) is 0 Å². The number of halogens is 1. The molecule has 1 unspecified atom stereocenters. The number of likely N-dealkylation sites (N-methyl/N-ethyl adjacent to an activating group) is 1. The number of rotatable bonds is 6. The lowest BCUT2D eigenvalue weighted by Crippen LogP contribution is -2.25. The Morgan fingerprint density at radius 1 is 1.15 bits per heavy atom. The van der Waals surface area contributed by atoms with E-state index in [-0.39, 0.29) is 6.10 Å². The molecule has 0 saturated carbocycles. The van der Waals surface area contributed by atoms with Crippen LogP contribution in [-0.2, 0) is 0 Å². The van der Waals surface area contributed by atoms with Gasteiger partial charge in [0.2, 0.25) is 0 Å². The van der Waals surface area contributed by atoms with E-state index in [1.54, 1.807) is 0 Å². The minimum Gasteiger partial charge on any atom is -0.483 e. The molecule has 3 heteroatoms. The van der Waals surface area contributed by atoms with E-state index in [1.165, 1.54) is 0 Å². The van der Waals surface area contributed by atoms with Gasteiger partial charge in [0.25, 0.3) is 0 Å². The topological polar surface area (TPSA) is 21.3 Å². The van der Waals surface area contributed by atoms with Crippen molar-refractivity contribution in [2.24, 2.45) is 0 Å². The summed E-state index contributed by atoms with van der Waals surface area (Å²) in [5.74, 6) is 0.726. The van der Waals surface area contributed by atoms with E-state index in [0.717, 1.165) is 30.0 Å². The third kappa shape index (κ3) is 3.99. The van der Waals surface area contributed by atoms with Gasteiger partial charge in [-0.05, 0) is 36.7 Å². The first-order valence-corrected chi connectivity index (χ1v) is 7.27. The van der Waals surface area contributed by atoms with Gasteiger partial charge in [0.15, 0.2) is 0 Å². The van der Waals surface area contributed by atoms with Crippen molar-refractivity contribution in [1.29, 1.82) is 0 Å². The molecule has 0 fully saturated rings. The fourth-order valence-corrected chi connectivity index (χ4v) is 2.31. The van der Waals surface area contributed by atoms with Gasteiger partial charge in [-0.1, -0.05) is 54.9 Å². The van der Waals surface area contributed by atoms with Crippen molar-refractivity contribution in [1.82, 2.24) is 5.32 Å². The van der Waals surface area contributed by atoms with Gasteiger partial charge in [-0.3, -0.25) is 0 Å². The Morgan fingerprint density at radius 2 is 1.90 bits per heavy atom. The Labute approximate surface area is 125 Å². The zero-order valence-corrected chi connectivity index (χ0v) is 12.7. The quantitative estimate of drug-likeness (QED) is 0.852. The molecule has 0 heterocycles. The summed E-state index contributed by atoms with van der Waals surface area (Å²) in [5, 5.41) is 3.98. The Hall–Kier alpha value is -1.51. The predicted molar refractivity (Wildman–Crippen MR) is 84.5 cm³/mol. The Balaban J connectivity index is 2.19. The largest absolute Gasteiger partial charge is 0.483 e. The number of ether oxygens (including phenoxy) is 1. The van der Waals surface area contributed by atoms with Crippen LogP contribution >= 0.6 is 11.6 Å². The van der Waals surface area contributed by atoms with Gasteiger partial charge in [-0.2, -0.15) is 0 Å². The lowest BCUT2D eigenvalue weighted by Gasteiger charge is -2.21. The molecule has 20 heavy (non-hydrogen) atoms. The smallest absolute Gasteiger partial charge is 0.138 e. The molecular weight excluding hydrogens is 270 g/mol. The molecular formula is C17H20ClNO. The zero-order valence-electron chi connectivity index (χ0n) is 11.9. The molecule has 0 radical (unpaired) electrons. The van der Waals surface area contributed by atoms with E-state index in [2.05, 4.69) is 24.4 Å². The van der Waals surface area contributed by atoms with Gasteiger partial charge in [0.1, 0.15) is 11.9 Å². The van der Waals surface area contributed by atoms with Crippen LogP contribution in [0.5, 0.6) is 5.75 Å². The molecule has 2 rings (SSSR count). The van der Waals surface area contributed by atoms with Gasteiger partial charge in [-0.15, -0.1) is 0 Å². The van der Waals surface area contributed by atoms with Gasteiger partial charge in [0, 0.05) is 6.54 Å². The summed E-state index contributed by atoms with van der Waals surface area (Å²) in [6.45, 7) is 5.77. The first-order valence-electron chi connectivity index (χ1n) is 6.89. The van der Waals surface area contributed by atoms with Crippen molar-refractivity contribution in [3.8, 4) is 5.75 Å². The molecule has 0 aliphatic carbocycles. The fourth-order valence-electron chi connectivity index (χ4n) is 2.03. The highest BCUT2D eigenvalue weighted by Gasteiger charge is 2.14. The number of hydrogen-bond acceptors (Lipinski definition) is 2. The van der Waals surface area contributed by atoms with E-state index < -0.39 is 0 Å². The van der Waals surface area contributed by atoms with E-state index in [4.69, 9.17) is 16.3 Å². The molecule has 0 bridgehead atoms. The molecule has 0 amide bonds. The molecule has 1 N–H and O–H groups in total. The third-order valence-corrected chi connectivity index (χ3v) is 3.40. The number of aryl methyl sites for hydroxylation is 1. The first kappa shape index (κ1) is 14.9. The summed E-state index contributed by atoms with van der Waals surface area (Å²) in [6, 6.07) is 16.1. The molecule has 0 spiro atoms. The van der Waals surface area contributed by atoms with Gasteiger partial charge in [0.05, 0.1) is 5.02 Å². The molecule has 1 atom stereocenters. The van der Waals surface area contributed by atoms with Crippen molar-refractivity contribution in [3.05, 3.63) is 64.7 Å². The molecule has 0 aromatic heterocycles. The van der Waals surface area contributed by atoms with E-state index >= 15 is 0 Å². The average molecular weight is 290 g/mol. The second kappa shape index (κ2) is 7.32. The van der Waals surface area contributed by atoms with E-state index in [0.29, 0.717) is 5.02 Å².